The Balaban J connectivity index is 0.000000140. The van der Waals surface area contributed by atoms with E-state index >= 15 is 0 Å². The first-order valence-electron chi connectivity index (χ1n) is 46.2. The van der Waals surface area contributed by atoms with E-state index in [9.17, 15) is 9.18 Å². The molecule has 724 valence electrons. The Labute approximate surface area is 809 Å². The summed E-state index contributed by atoms with van der Waals surface area (Å²) in [7, 11) is 17.8. The van der Waals surface area contributed by atoms with Crippen molar-refractivity contribution < 1.29 is 51.8 Å². The summed E-state index contributed by atoms with van der Waals surface area (Å²) in [4.78, 5) is 60.3. The van der Waals surface area contributed by atoms with Crippen LogP contribution in [-0.2, 0) is 37.7 Å². The Kier molecular flexibility index (Phi) is 32.8. The van der Waals surface area contributed by atoms with Crippen molar-refractivity contribution in [3.63, 3.8) is 0 Å². The summed E-state index contributed by atoms with van der Waals surface area (Å²) in [6, 6.07) is 47.0. The van der Waals surface area contributed by atoms with Crippen molar-refractivity contribution in [2.24, 2.45) is 28.2 Å². The van der Waals surface area contributed by atoms with Crippen molar-refractivity contribution >= 4 is 104 Å². The fraction of sp³-hybridized carbons (Fsp3) is 0.330. The van der Waals surface area contributed by atoms with E-state index in [4.69, 9.17) is 62.6 Å². The summed E-state index contributed by atoms with van der Waals surface area (Å²) in [6.07, 6.45) is 26.2. The van der Waals surface area contributed by atoms with Crippen molar-refractivity contribution in [3.05, 3.63) is 226 Å². The van der Waals surface area contributed by atoms with Crippen LogP contribution in [0.3, 0.4) is 0 Å². The lowest BCUT2D eigenvalue weighted by molar-refractivity contribution is 0.110. The molecule has 1 unspecified atom stereocenters. The molecule has 1 amide bonds. The largest absolute Gasteiger partial charge is 0.497 e. The number of benzene rings is 8. The third kappa shape index (κ3) is 26.0. The smallest absolute Gasteiger partial charge is 0.410 e. The maximum absolute atomic E-state index is 14.3. The van der Waals surface area contributed by atoms with E-state index < -0.39 is 8.07 Å². The lowest BCUT2D eigenvalue weighted by atomic mass is 10.1. The minimum atomic E-state index is -1.19. The van der Waals surface area contributed by atoms with Crippen molar-refractivity contribution in [1.29, 1.82) is 0 Å². The molecule has 3 N–H and O–H groups in total. The van der Waals surface area contributed by atoms with Crippen LogP contribution in [0.5, 0.6) is 40.2 Å². The van der Waals surface area contributed by atoms with Crippen LogP contribution in [0.2, 0.25) is 19.6 Å². The second kappa shape index (κ2) is 46.2. The minimum Gasteiger partial charge on any atom is -0.497 e. The van der Waals surface area contributed by atoms with E-state index in [-0.39, 0.29) is 11.9 Å². The maximum atomic E-state index is 14.3. The normalized spacial score (nSPS) is 12.9. The molecule has 18 rings (SSSR count). The Bertz CT molecular complexity index is 6780. The van der Waals surface area contributed by atoms with E-state index in [0.717, 1.165) is 229 Å². The molecule has 0 spiro atoms. The van der Waals surface area contributed by atoms with Gasteiger partial charge in [0.25, 0.3) is 0 Å². The second-order valence-corrected chi connectivity index (χ2v) is 40.6. The molecule has 0 radical (unpaired) electrons. The van der Waals surface area contributed by atoms with Gasteiger partial charge in [-0.2, -0.15) is 20.4 Å². The Morgan fingerprint density at radius 2 is 0.755 bits per heavy atom. The van der Waals surface area contributed by atoms with Crippen LogP contribution in [0.1, 0.15) is 33.1 Å². The van der Waals surface area contributed by atoms with Gasteiger partial charge < -0.3 is 83.1 Å². The third-order valence-electron chi connectivity index (χ3n) is 23.3. The van der Waals surface area contributed by atoms with Crippen LogP contribution in [0.4, 0.5) is 54.7 Å². The summed E-state index contributed by atoms with van der Waals surface area (Å²) >= 11 is 0. The Morgan fingerprint density at radius 1 is 0.410 bits per heavy atom. The molecule has 2 saturated heterocycles. The van der Waals surface area contributed by atoms with Crippen LogP contribution >= 0.6 is 0 Å². The zero-order valence-electron chi connectivity index (χ0n) is 81.6. The van der Waals surface area contributed by atoms with E-state index in [1.54, 1.807) is 123 Å². The first-order chi connectivity index (χ1) is 67.3. The topological polar surface area (TPSA) is 327 Å². The van der Waals surface area contributed by atoms with Crippen molar-refractivity contribution in [3.8, 4) is 85.3 Å². The van der Waals surface area contributed by atoms with Gasteiger partial charge in [0.05, 0.1) is 187 Å². The predicted molar refractivity (Wildman–Crippen MR) is 545 cm³/mol. The number of cyclic esters (lactones) is 1. The van der Waals surface area contributed by atoms with Gasteiger partial charge in [-0.25, -0.2) is 29.1 Å². The van der Waals surface area contributed by atoms with Crippen LogP contribution in [-0.4, -0.2) is 245 Å². The molecule has 10 heterocycles. The molecule has 0 aliphatic carbocycles. The highest BCUT2D eigenvalue weighted by molar-refractivity contribution is 6.76. The lowest BCUT2D eigenvalue weighted by Gasteiger charge is -2.27. The fourth-order valence-electron chi connectivity index (χ4n) is 16.1. The summed E-state index contributed by atoms with van der Waals surface area (Å²) in [6.45, 7) is 19.8. The number of amides is 1. The van der Waals surface area contributed by atoms with Crippen molar-refractivity contribution in [2.45, 2.75) is 64.9 Å². The highest BCUT2D eigenvalue weighted by atomic mass is 28.3. The number of fused-ring (bicyclic) bond motifs is 4. The van der Waals surface area contributed by atoms with Gasteiger partial charge in [-0.15, -0.1) is 0 Å². The van der Waals surface area contributed by atoms with Crippen LogP contribution in [0.25, 0.3) is 89.2 Å². The van der Waals surface area contributed by atoms with Crippen molar-refractivity contribution in [2.75, 3.05) is 154 Å². The monoisotopic (exact) mass is 1900 g/mol. The molecule has 0 bridgehead atoms. The molecule has 2 aliphatic heterocycles. The summed E-state index contributed by atoms with van der Waals surface area (Å²) in [5, 5.41) is 27.6. The Hall–Kier alpha value is -15.0. The SMILES string of the molecule is COc1cc(F)cc(N(CCCNC(C)C)c2ccc3ncc(-c4cnn(C)c4)nc3c2)c1.COc1cc(OC)cc(N(CCN2CCOC2=O)c2ccc3ncc(-c4cnn(C)c4)nc3c2)c1.COc1cc(OC)cc(N(CCNCC2CCCO2)c2ccc3ncc(-c4cnn(C)c4)nc3c2)c1.COc1cc(OC)cc(N(CCNC[Si](C)(C)C)c2ccc3ncc(-c4cnn(C)c4)nc3c2)c1. The Morgan fingerprint density at radius 3 is 1.07 bits per heavy atom. The standard InChI is InChI=1S/C27H32N6O3.C26H34N6O2Si.C25H29FN6O.C25H26N6O4/c1-32-18-19(15-30-32)27-17-29-25-7-6-20(13-26(25)31-27)33(9-8-28-16-22-5-4-10-36-22)21-11-23(34-2)14-24(12-21)35-3;1-31-17-19(15-29-31)26-16-28-24-8-7-20(13-25(24)30-26)32(10-9-27-18-35(4,5)6)21-11-22(33-2)14-23(12-21)34-3;1-17(2)27-8-5-9-32(21-10-19(26)11-22(12-21)33-4)20-6-7-23-24(13-20)30-25(15-28-23)18-14-29-31(3)16-18;1-29-16-17(14-27-29)24-15-26-22-5-4-18(12-23(22)28-24)31(7-6-30-8-9-35-25(30)32)19-10-20(33-2)13-21(11-19)34-3/h6-7,11-15,17-18,22,28H,4-5,8-10,16H2,1-3H3;7-8,11-17,27H,9-10,18H2,1-6H3;6-7,10-17,27H,5,8-9H2,1-4H3;4-5,10-16H,6-9H2,1-3H3. The number of hydrogen-bond donors (Lipinski definition) is 3. The predicted octanol–water partition coefficient (Wildman–Crippen LogP) is 16.9. The number of carbonyl (C=O) groups is 1. The van der Waals surface area contributed by atoms with Crippen LogP contribution in [0.15, 0.2) is 220 Å². The lowest BCUT2D eigenvalue weighted by Crippen LogP contribution is -2.39. The molecule has 8 aromatic heterocycles. The number of aromatic nitrogens is 16. The quantitative estimate of drug-likeness (QED) is 0.0240. The number of anilines is 8. The third-order valence-corrected chi connectivity index (χ3v) is 24.6. The van der Waals surface area contributed by atoms with Gasteiger partial charge in [0.2, 0.25) is 0 Å². The molecule has 8 aromatic carbocycles. The molecule has 139 heavy (non-hydrogen) atoms. The van der Waals surface area contributed by atoms with Crippen LogP contribution in [0, 0.1) is 5.82 Å². The number of methoxy groups -OCH3 is 7. The number of halogens is 1. The number of rotatable bonds is 37. The molecule has 2 aliphatic rings. The number of carbonyl (C=O) groups excluding carboxylic acids is 1. The average Bonchev–Trinajstić information content (AvgIpc) is 1.76. The van der Waals surface area contributed by atoms with Gasteiger partial charge in [0, 0.05) is 252 Å². The van der Waals surface area contributed by atoms with Crippen LogP contribution < -0.4 is 68.7 Å². The van der Waals surface area contributed by atoms with Gasteiger partial charge >= 0.3 is 6.09 Å². The molecular weight excluding hydrogens is 1780 g/mol. The number of nitrogens with zero attached hydrogens (tertiary/aromatic N) is 21. The van der Waals surface area contributed by atoms with Gasteiger partial charge in [-0.05, 0) is 111 Å². The summed E-state index contributed by atoms with van der Waals surface area (Å²) in [5.41, 5.74) is 20.6. The maximum Gasteiger partial charge on any atom is 0.410 e. The van der Waals surface area contributed by atoms with Gasteiger partial charge in [-0.1, -0.05) is 33.5 Å². The number of aryl methyl sites for hydroxylation is 4. The molecule has 1 atom stereocenters. The van der Waals surface area contributed by atoms with E-state index in [0.29, 0.717) is 62.2 Å². The average molecular weight is 1900 g/mol. The molecule has 36 heteroatoms. The van der Waals surface area contributed by atoms with E-state index in [1.807, 2.05) is 162 Å². The van der Waals surface area contributed by atoms with E-state index in [1.165, 1.54) is 12.1 Å². The first-order valence-corrected chi connectivity index (χ1v) is 49.9. The summed E-state index contributed by atoms with van der Waals surface area (Å²) < 4.78 is 70.7. The highest BCUT2D eigenvalue weighted by Gasteiger charge is 2.27. The number of nitrogens with one attached hydrogen (secondary N) is 3. The fourth-order valence-corrected chi connectivity index (χ4v) is 17.1. The number of ether oxygens (including phenoxy) is 9. The molecule has 16 aromatic rings. The highest BCUT2D eigenvalue weighted by Crippen LogP contribution is 2.40. The minimum absolute atomic E-state index is 0.293. The second-order valence-electron chi connectivity index (χ2n) is 35.1. The molecular formula is C103H121FN24O10Si. The first kappa shape index (κ1) is 98.5. The summed E-state index contributed by atoms with van der Waals surface area (Å²) in [5.74, 6) is 4.46. The van der Waals surface area contributed by atoms with Gasteiger partial charge in [0.1, 0.15) is 52.7 Å². The van der Waals surface area contributed by atoms with E-state index in [2.05, 4.69) is 134 Å². The molecule has 34 nitrogen and oxygen atoms in total. The molecule has 2 fully saturated rings. The number of hydrogen-bond acceptors (Lipinski definition) is 29. The zero-order chi connectivity index (χ0) is 97.6. The van der Waals surface area contributed by atoms with Gasteiger partial charge in [-0.3, -0.25) is 38.7 Å². The zero-order valence-corrected chi connectivity index (χ0v) is 82.6. The van der Waals surface area contributed by atoms with Crippen molar-refractivity contribution in [1.82, 2.24) is 99.8 Å². The molecule has 0 saturated carbocycles. The van der Waals surface area contributed by atoms with Gasteiger partial charge in [0.15, 0.2) is 0 Å².